The molecule has 2 N–H and O–H groups in total. The molecular weight excluding hydrogens is 369 g/mol. The molecule has 2 aromatic rings. The van der Waals surface area contributed by atoms with Gasteiger partial charge < -0.3 is 15.5 Å². The van der Waals surface area contributed by atoms with E-state index in [1.165, 1.54) is 6.07 Å². The summed E-state index contributed by atoms with van der Waals surface area (Å²) in [4.78, 5) is 18.1. The lowest BCUT2D eigenvalue weighted by Gasteiger charge is -2.33. The predicted molar refractivity (Wildman–Crippen MR) is 102 cm³/mol. The van der Waals surface area contributed by atoms with Gasteiger partial charge in [0.15, 0.2) is 0 Å². The topological polar surface area (TPSA) is 57.3 Å². The molecule has 5 nitrogen and oxygen atoms in total. The summed E-state index contributed by atoms with van der Waals surface area (Å²) in [6.45, 7) is 3.27. The van der Waals surface area contributed by atoms with Crippen molar-refractivity contribution in [3.63, 3.8) is 0 Å². The van der Waals surface area contributed by atoms with E-state index < -0.39 is 11.7 Å². The van der Waals surface area contributed by atoms with Crippen LogP contribution in [0.5, 0.6) is 0 Å². The highest BCUT2D eigenvalue weighted by Gasteiger charge is 2.31. The van der Waals surface area contributed by atoms with Gasteiger partial charge in [0.25, 0.3) is 0 Å². The summed E-state index contributed by atoms with van der Waals surface area (Å²) in [5, 5.41) is 5.86. The van der Waals surface area contributed by atoms with Gasteiger partial charge in [0.2, 0.25) is 0 Å². The maximum Gasteiger partial charge on any atom is 0.417 e. The Morgan fingerprint density at radius 1 is 1.18 bits per heavy atom. The van der Waals surface area contributed by atoms with Gasteiger partial charge in [-0.15, -0.1) is 0 Å². The molecule has 0 radical (unpaired) electrons. The van der Waals surface area contributed by atoms with Crippen molar-refractivity contribution < 1.29 is 18.0 Å². The van der Waals surface area contributed by atoms with Crippen LogP contribution in [0.4, 0.5) is 29.5 Å². The van der Waals surface area contributed by atoms with Gasteiger partial charge in [-0.2, -0.15) is 13.2 Å². The monoisotopic (exact) mass is 392 g/mol. The second-order valence-corrected chi connectivity index (χ2v) is 6.77. The molecule has 8 heteroatoms. The first-order valence-electron chi connectivity index (χ1n) is 9.30. The number of halogens is 3. The first-order valence-corrected chi connectivity index (χ1v) is 9.30. The SMILES string of the molecule is CCc1ccccc1NC(=O)NC1CCN(c2ccc(C(F)(F)F)cn2)CC1. The Balaban J connectivity index is 1.50. The van der Waals surface area contributed by atoms with Crippen molar-refractivity contribution in [1.29, 1.82) is 0 Å². The second kappa shape index (κ2) is 8.50. The summed E-state index contributed by atoms with van der Waals surface area (Å²) < 4.78 is 37.9. The molecule has 2 heterocycles. The van der Waals surface area contributed by atoms with Crippen LogP contribution in [0.15, 0.2) is 42.6 Å². The Morgan fingerprint density at radius 3 is 2.50 bits per heavy atom. The number of nitrogens with one attached hydrogen (secondary N) is 2. The van der Waals surface area contributed by atoms with Crippen LogP contribution in [0.2, 0.25) is 0 Å². The van der Waals surface area contributed by atoms with E-state index >= 15 is 0 Å². The quantitative estimate of drug-likeness (QED) is 0.808. The van der Waals surface area contributed by atoms with E-state index in [4.69, 9.17) is 0 Å². The highest BCUT2D eigenvalue weighted by atomic mass is 19.4. The van der Waals surface area contributed by atoms with E-state index in [0.29, 0.717) is 31.7 Å². The van der Waals surface area contributed by atoms with Crippen molar-refractivity contribution in [1.82, 2.24) is 10.3 Å². The Kier molecular flexibility index (Phi) is 6.06. The van der Waals surface area contributed by atoms with Crippen molar-refractivity contribution in [2.24, 2.45) is 0 Å². The number of piperidine rings is 1. The fourth-order valence-electron chi connectivity index (χ4n) is 3.29. The van der Waals surface area contributed by atoms with Gasteiger partial charge in [0.05, 0.1) is 5.56 Å². The Bertz CT molecular complexity index is 800. The number of nitrogens with zero attached hydrogens (tertiary/aromatic N) is 2. The predicted octanol–water partition coefficient (Wildman–Crippen LogP) is 4.45. The summed E-state index contributed by atoms with van der Waals surface area (Å²) in [5.74, 6) is 0.521. The summed E-state index contributed by atoms with van der Waals surface area (Å²) in [6.07, 6.45) is -1.30. The molecule has 0 bridgehead atoms. The zero-order valence-corrected chi connectivity index (χ0v) is 15.6. The summed E-state index contributed by atoms with van der Waals surface area (Å²) in [5.41, 5.74) is 1.12. The van der Waals surface area contributed by atoms with Crippen LogP contribution in [-0.4, -0.2) is 30.1 Å². The summed E-state index contributed by atoms with van der Waals surface area (Å²) in [6, 6.07) is 9.88. The van der Waals surface area contributed by atoms with Gasteiger partial charge in [0.1, 0.15) is 5.82 Å². The van der Waals surface area contributed by atoms with Crippen molar-refractivity contribution in [2.45, 2.75) is 38.4 Å². The Hall–Kier alpha value is -2.77. The molecular formula is C20H23F3N4O. The van der Waals surface area contributed by atoms with Crippen LogP contribution in [0.1, 0.15) is 30.9 Å². The van der Waals surface area contributed by atoms with Crippen LogP contribution in [0, 0.1) is 0 Å². The summed E-state index contributed by atoms with van der Waals surface area (Å²) in [7, 11) is 0. The fraction of sp³-hybridized carbons (Fsp3) is 0.400. The number of anilines is 2. The third-order valence-electron chi connectivity index (χ3n) is 4.88. The maximum absolute atomic E-state index is 12.6. The number of benzene rings is 1. The molecule has 28 heavy (non-hydrogen) atoms. The number of urea groups is 1. The largest absolute Gasteiger partial charge is 0.417 e. The first kappa shape index (κ1) is 20.0. The number of amides is 2. The molecule has 0 spiro atoms. The number of aryl methyl sites for hydroxylation is 1. The number of hydrogen-bond donors (Lipinski definition) is 2. The normalized spacial score (nSPS) is 15.4. The zero-order chi connectivity index (χ0) is 20.1. The highest BCUT2D eigenvalue weighted by molar-refractivity contribution is 5.90. The maximum atomic E-state index is 12.6. The molecule has 1 fully saturated rings. The lowest BCUT2D eigenvalue weighted by molar-refractivity contribution is -0.137. The van der Waals surface area contributed by atoms with E-state index in [9.17, 15) is 18.0 Å². The van der Waals surface area contributed by atoms with E-state index in [-0.39, 0.29) is 12.1 Å². The van der Waals surface area contributed by atoms with E-state index in [1.54, 1.807) is 0 Å². The molecule has 0 unspecified atom stereocenters. The zero-order valence-electron chi connectivity index (χ0n) is 15.6. The minimum absolute atomic E-state index is 0.0134. The smallest absolute Gasteiger partial charge is 0.356 e. The van der Waals surface area contributed by atoms with Crippen molar-refractivity contribution in [3.8, 4) is 0 Å². The highest BCUT2D eigenvalue weighted by Crippen LogP contribution is 2.29. The van der Waals surface area contributed by atoms with Gasteiger partial charge in [0, 0.05) is 31.0 Å². The molecule has 3 rings (SSSR count). The van der Waals surface area contributed by atoms with Crippen LogP contribution in [0.25, 0.3) is 0 Å². The summed E-state index contributed by atoms with van der Waals surface area (Å²) >= 11 is 0. The first-order chi connectivity index (χ1) is 13.4. The van der Waals surface area contributed by atoms with Crippen LogP contribution < -0.4 is 15.5 Å². The standard InChI is InChI=1S/C20H23F3N4O/c1-2-14-5-3-4-6-17(14)26-19(28)25-16-9-11-27(12-10-16)18-8-7-15(13-24-18)20(21,22)23/h3-8,13,16H,2,9-12H2,1H3,(H2,25,26,28). The molecule has 1 aromatic heterocycles. The third kappa shape index (κ3) is 4.94. The molecule has 1 aromatic carbocycles. The number of alkyl halides is 3. The van der Waals surface area contributed by atoms with Gasteiger partial charge in [-0.25, -0.2) is 9.78 Å². The van der Waals surface area contributed by atoms with Crippen LogP contribution in [0.3, 0.4) is 0 Å². The lowest BCUT2D eigenvalue weighted by Crippen LogP contribution is -2.46. The van der Waals surface area contributed by atoms with E-state index in [1.807, 2.05) is 36.1 Å². The molecule has 1 aliphatic rings. The molecule has 0 aliphatic carbocycles. The average molecular weight is 392 g/mol. The number of carbonyl (C=O) groups is 1. The Morgan fingerprint density at radius 2 is 1.89 bits per heavy atom. The Labute approximate surface area is 162 Å². The molecule has 1 saturated heterocycles. The third-order valence-corrected chi connectivity index (χ3v) is 4.88. The van der Waals surface area contributed by atoms with Crippen LogP contribution in [-0.2, 0) is 12.6 Å². The van der Waals surface area contributed by atoms with Gasteiger partial charge in [-0.3, -0.25) is 0 Å². The van der Waals surface area contributed by atoms with Crippen molar-refractivity contribution in [2.75, 3.05) is 23.3 Å². The van der Waals surface area contributed by atoms with Gasteiger partial charge in [-0.1, -0.05) is 25.1 Å². The van der Waals surface area contributed by atoms with Crippen molar-refractivity contribution in [3.05, 3.63) is 53.7 Å². The number of carbonyl (C=O) groups excluding carboxylic acids is 1. The average Bonchev–Trinajstić information content (AvgIpc) is 2.68. The van der Waals surface area contributed by atoms with Crippen LogP contribution >= 0.6 is 0 Å². The number of pyridine rings is 1. The van der Waals surface area contributed by atoms with Gasteiger partial charge in [-0.05, 0) is 43.0 Å². The molecule has 1 aliphatic heterocycles. The minimum atomic E-state index is -4.38. The number of hydrogen-bond acceptors (Lipinski definition) is 3. The molecule has 0 atom stereocenters. The molecule has 2 amide bonds. The number of rotatable bonds is 4. The second-order valence-electron chi connectivity index (χ2n) is 6.77. The van der Waals surface area contributed by atoms with Crippen molar-refractivity contribution >= 4 is 17.5 Å². The van der Waals surface area contributed by atoms with Gasteiger partial charge >= 0.3 is 12.2 Å². The number of aromatic nitrogens is 1. The van der Waals surface area contributed by atoms with E-state index in [2.05, 4.69) is 15.6 Å². The molecule has 0 saturated carbocycles. The van der Waals surface area contributed by atoms with E-state index in [0.717, 1.165) is 29.9 Å². The minimum Gasteiger partial charge on any atom is -0.356 e. The lowest BCUT2D eigenvalue weighted by atomic mass is 10.1. The number of para-hydroxylation sites is 1. The fourth-order valence-corrected chi connectivity index (χ4v) is 3.29. The molecule has 150 valence electrons.